The van der Waals surface area contributed by atoms with E-state index >= 15 is 0 Å². The molecule has 1 heterocycles. The van der Waals surface area contributed by atoms with Gasteiger partial charge in [0.25, 0.3) is 0 Å². The van der Waals surface area contributed by atoms with Gasteiger partial charge in [0.15, 0.2) is 0 Å². The number of rotatable bonds is 2. The molecular weight excluding hydrogens is 336 g/mol. The van der Waals surface area contributed by atoms with Gasteiger partial charge in [-0.25, -0.2) is 4.98 Å². The Balaban J connectivity index is 1.49. The minimum atomic E-state index is 0.661. The largest absolute Gasteiger partial charge is 0.342 e. The molecular formula is C19H17BrN2. The minimum absolute atomic E-state index is 0.661. The first-order valence-corrected chi connectivity index (χ1v) is 8.80. The fourth-order valence-electron chi connectivity index (χ4n) is 4.01. The molecule has 2 fully saturated rings. The van der Waals surface area contributed by atoms with Crippen molar-refractivity contribution < 1.29 is 0 Å². The van der Waals surface area contributed by atoms with E-state index in [2.05, 4.69) is 62.3 Å². The van der Waals surface area contributed by atoms with E-state index in [0.29, 0.717) is 5.92 Å². The number of aromatic nitrogens is 2. The molecule has 0 spiro atoms. The van der Waals surface area contributed by atoms with Gasteiger partial charge in [0.2, 0.25) is 0 Å². The number of halogens is 1. The summed E-state index contributed by atoms with van der Waals surface area (Å²) in [7, 11) is 0. The number of hydrogen-bond donors (Lipinski definition) is 1. The lowest BCUT2D eigenvalue weighted by molar-refractivity contribution is 0.596. The standard InChI is InChI=1S/C19H17BrN2/c20-17-4-3-11-5-13(2-1-12(11)9-17)18-10-21-19(22-18)16-7-14-6-15(14)8-16/h1-5,9-10,14-16H,6-8H2,(H,21,22)/t14-,15+,16?. The molecule has 0 aliphatic heterocycles. The van der Waals surface area contributed by atoms with E-state index in [0.717, 1.165) is 22.0 Å². The summed E-state index contributed by atoms with van der Waals surface area (Å²) in [4.78, 5) is 8.23. The van der Waals surface area contributed by atoms with E-state index in [1.54, 1.807) is 0 Å². The van der Waals surface area contributed by atoms with Crippen LogP contribution in [0.1, 0.15) is 31.0 Å². The first-order chi connectivity index (χ1) is 10.8. The van der Waals surface area contributed by atoms with Crippen LogP contribution in [0.3, 0.4) is 0 Å². The number of fused-ring (bicyclic) bond motifs is 2. The molecule has 3 atom stereocenters. The van der Waals surface area contributed by atoms with Gasteiger partial charge in [-0.1, -0.05) is 34.1 Å². The van der Waals surface area contributed by atoms with Gasteiger partial charge in [-0.2, -0.15) is 0 Å². The van der Waals surface area contributed by atoms with Gasteiger partial charge in [-0.15, -0.1) is 0 Å². The lowest BCUT2D eigenvalue weighted by Gasteiger charge is -2.07. The predicted molar refractivity (Wildman–Crippen MR) is 92.8 cm³/mol. The van der Waals surface area contributed by atoms with Gasteiger partial charge in [0.1, 0.15) is 5.82 Å². The van der Waals surface area contributed by atoms with E-state index in [4.69, 9.17) is 0 Å². The van der Waals surface area contributed by atoms with Crippen LogP contribution >= 0.6 is 15.9 Å². The maximum Gasteiger partial charge on any atom is 0.109 e. The number of nitrogens with one attached hydrogen (secondary N) is 1. The molecule has 3 heteroatoms. The van der Waals surface area contributed by atoms with Gasteiger partial charge in [0.05, 0.1) is 11.9 Å². The molecule has 2 saturated carbocycles. The fourth-order valence-corrected chi connectivity index (χ4v) is 4.39. The summed E-state index contributed by atoms with van der Waals surface area (Å²) < 4.78 is 1.12. The smallest absolute Gasteiger partial charge is 0.109 e. The van der Waals surface area contributed by atoms with Crippen molar-refractivity contribution in [3.63, 3.8) is 0 Å². The Morgan fingerprint density at radius 3 is 2.59 bits per heavy atom. The number of nitrogens with zero attached hydrogens (tertiary/aromatic N) is 1. The Kier molecular flexibility index (Phi) is 2.75. The highest BCUT2D eigenvalue weighted by Crippen LogP contribution is 2.57. The van der Waals surface area contributed by atoms with E-state index in [-0.39, 0.29) is 0 Å². The third-order valence-corrected chi connectivity index (χ3v) is 5.83. The highest BCUT2D eigenvalue weighted by atomic mass is 79.9. The molecule has 0 amide bonds. The molecule has 2 aliphatic rings. The van der Waals surface area contributed by atoms with Crippen LogP contribution in [-0.4, -0.2) is 9.97 Å². The monoisotopic (exact) mass is 352 g/mol. The summed E-state index contributed by atoms with van der Waals surface area (Å²) in [6.07, 6.45) is 6.14. The molecule has 1 unspecified atom stereocenters. The van der Waals surface area contributed by atoms with Crippen LogP contribution in [0.2, 0.25) is 0 Å². The van der Waals surface area contributed by atoms with Gasteiger partial charge >= 0.3 is 0 Å². The molecule has 0 radical (unpaired) electrons. The quantitative estimate of drug-likeness (QED) is 0.647. The molecule has 0 saturated heterocycles. The van der Waals surface area contributed by atoms with Crippen LogP contribution in [0.5, 0.6) is 0 Å². The summed E-state index contributed by atoms with van der Waals surface area (Å²) in [5, 5.41) is 2.52. The summed E-state index contributed by atoms with van der Waals surface area (Å²) in [5.74, 6) is 3.85. The number of hydrogen-bond acceptors (Lipinski definition) is 1. The Morgan fingerprint density at radius 1 is 0.955 bits per heavy atom. The number of H-pyrrole nitrogens is 1. The van der Waals surface area contributed by atoms with Crippen LogP contribution in [-0.2, 0) is 0 Å². The summed E-state index contributed by atoms with van der Waals surface area (Å²) in [6.45, 7) is 0. The maximum atomic E-state index is 4.66. The summed E-state index contributed by atoms with van der Waals surface area (Å²) >= 11 is 3.53. The van der Waals surface area contributed by atoms with Crippen molar-refractivity contribution in [2.45, 2.75) is 25.2 Å². The van der Waals surface area contributed by atoms with Crippen LogP contribution in [0, 0.1) is 11.8 Å². The first-order valence-electron chi connectivity index (χ1n) is 8.01. The molecule has 0 bridgehead atoms. The van der Waals surface area contributed by atoms with Crippen molar-refractivity contribution in [2.24, 2.45) is 11.8 Å². The zero-order valence-electron chi connectivity index (χ0n) is 12.2. The predicted octanol–water partition coefficient (Wildman–Crippen LogP) is 5.51. The second kappa shape index (κ2) is 4.69. The van der Waals surface area contributed by atoms with Crippen LogP contribution in [0.25, 0.3) is 22.0 Å². The number of benzene rings is 2. The number of aromatic amines is 1. The van der Waals surface area contributed by atoms with E-state index < -0.39 is 0 Å². The van der Waals surface area contributed by atoms with Crippen molar-refractivity contribution >= 4 is 26.7 Å². The third-order valence-electron chi connectivity index (χ3n) is 5.34. The molecule has 3 aromatic rings. The van der Waals surface area contributed by atoms with Crippen molar-refractivity contribution in [1.29, 1.82) is 0 Å². The van der Waals surface area contributed by atoms with E-state index in [1.165, 1.54) is 41.4 Å². The van der Waals surface area contributed by atoms with Crippen molar-refractivity contribution in [1.82, 2.24) is 9.97 Å². The average molecular weight is 353 g/mol. The molecule has 1 aromatic heterocycles. The van der Waals surface area contributed by atoms with E-state index in [9.17, 15) is 0 Å². The fraction of sp³-hybridized carbons (Fsp3) is 0.316. The Bertz CT molecular complexity index is 857. The van der Waals surface area contributed by atoms with Crippen molar-refractivity contribution in [3.05, 3.63) is 52.9 Å². The highest BCUT2D eigenvalue weighted by molar-refractivity contribution is 9.10. The first kappa shape index (κ1) is 12.9. The molecule has 2 aliphatic carbocycles. The van der Waals surface area contributed by atoms with Crippen molar-refractivity contribution in [2.75, 3.05) is 0 Å². The zero-order chi connectivity index (χ0) is 14.7. The zero-order valence-corrected chi connectivity index (χ0v) is 13.8. The lowest BCUT2D eigenvalue weighted by Crippen LogP contribution is -1.98. The van der Waals surface area contributed by atoms with Gasteiger partial charge < -0.3 is 4.98 Å². The minimum Gasteiger partial charge on any atom is -0.342 e. The molecule has 110 valence electrons. The van der Waals surface area contributed by atoms with Crippen molar-refractivity contribution in [3.8, 4) is 11.3 Å². The maximum absolute atomic E-state index is 4.66. The summed E-state index contributed by atoms with van der Waals surface area (Å²) in [6, 6.07) is 13.0. The lowest BCUT2D eigenvalue weighted by atomic mass is 10.0. The molecule has 2 nitrogen and oxygen atoms in total. The Hall–Kier alpha value is -1.61. The van der Waals surface area contributed by atoms with Gasteiger partial charge in [0, 0.05) is 16.0 Å². The Morgan fingerprint density at radius 2 is 1.73 bits per heavy atom. The molecule has 2 aromatic carbocycles. The highest BCUT2D eigenvalue weighted by Gasteiger charge is 2.46. The van der Waals surface area contributed by atoms with Gasteiger partial charge in [-0.05, 0) is 60.1 Å². The molecule has 22 heavy (non-hydrogen) atoms. The second-order valence-corrected chi connectivity index (χ2v) is 7.73. The van der Waals surface area contributed by atoms with Crippen LogP contribution < -0.4 is 0 Å². The average Bonchev–Trinajstić information content (AvgIpc) is 2.96. The summed E-state index contributed by atoms with van der Waals surface area (Å²) in [5.41, 5.74) is 2.36. The SMILES string of the molecule is Brc1ccc2cc(-c3cnc(C4C[C@@H]5C[C@@H]5C4)[nH]3)ccc2c1. The molecule has 5 rings (SSSR count). The second-order valence-electron chi connectivity index (χ2n) is 6.81. The van der Waals surface area contributed by atoms with Crippen LogP contribution in [0.4, 0.5) is 0 Å². The molecule has 1 N–H and O–H groups in total. The van der Waals surface area contributed by atoms with Crippen LogP contribution in [0.15, 0.2) is 47.1 Å². The Labute approximate surface area is 138 Å². The van der Waals surface area contributed by atoms with Gasteiger partial charge in [-0.3, -0.25) is 0 Å². The normalized spacial score (nSPS) is 26.3. The third kappa shape index (κ3) is 2.11. The number of imidazole rings is 1. The topological polar surface area (TPSA) is 28.7 Å². The van der Waals surface area contributed by atoms with E-state index in [1.807, 2.05) is 6.20 Å².